The fraction of sp³-hybridized carbons (Fsp3) is 0.950. The Bertz CT molecular complexity index is 390. The first-order chi connectivity index (χ1) is 11.5. The number of esters is 1. The first-order valence-corrected chi connectivity index (χ1v) is 10.2. The summed E-state index contributed by atoms with van der Waals surface area (Å²) in [6.07, 6.45) is 9.26. The minimum absolute atomic E-state index is 0.116. The van der Waals surface area contributed by atoms with Gasteiger partial charge in [0.2, 0.25) is 0 Å². The molecule has 2 aliphatic rings. The SMILES string of the molecule is CCN(CC)C[C@H](C)OC(=O)[C@@H]1CCCC[C@@]1(O)C1CCCCC1. The molecule has 2 saturated carbocycles. The van der Waals surface area contributed by atoms with Crippen LogP contribution in [-0.4, -0.2) is 47.3 Å². The molecule has 0 aromatic carbocycles. The van der Waals surface area contributed by atoms with E-state index in [1.807, 2.05) is 6.92 Å². The number of carbonyl (C=O) groups is 1. The molecule has 0 saturated heterocycles. The van der Waals surface area contributed by atoms with Crippen molar-refractivity contribution in [3.63, 3.8) is 0 Å². The zero-order chi connectivity index (χ0) is 17.6. The summed E-state index contributed by atoms with van der Waals surface area (Å²) >= 11 is 0. The molecule has 2 rings (SSSR count). The molecule has 0 radical (unpaired) electrons. The first kappa shape index (κ1) is 19.7. The summed E-state index contributed by atoms with van der Waals surface area (Å²) in [7, 11) is 0. The molecule has 0 aromatic heterocycles. The number of likely N-dealkylation sites (N-methyl/N-ethyl adjacent to an activating group) is 1. The van der Waals surface area contributed by atoms with Crippen LogP contribution in [0.15, 0.2) is 0 Å². The van der Waals surface area contributed by atoms with Crippen LogP contribution in [-0.2, 0) is 9.53 Å². The molecule has 4 nitrogen and oxygen atoms in total. The lowest BCUT2D eigenvalue weighted by molar-refractivity contribution is -0.176. The van der Waals surface area contributed by atoms with Crippen molar-refractivity contribution in [2.24, 2.45) is 11.8 Å². The largest absolute Gasteiger partial charge is 0.461 e. The average Bonchev–Trinajstić information content (AvgIpc) is 2.60. The Morgan fingerprint density at radius 3 is 2.38 bits per heavy atom. The molecule has 2 fully saturated rings. The summed E-state index contributed by atoms with van der Waals surface area (Å²) in [5, 5.41) is 11.4. The maximum Gasteiger partial charge on any atom is 0.312 e. The van der Waals surface area contributed by atoms with Gasteiger partial charge in [0.25, 0.3) is 0 Å². The molecular formula is C20H37NO3. The predicted molar refractivity (Wildman–Crippen MR) is 96.8 cm³/mol. The summed E-state index contributed by atoms with van der Waals surface area (Å²) in [5.41, 5.74) is -0.829. The lowest BCUT2D eigenvalue weighted by Gasteiger charge is -2.45. The number of hydrogen-bond acceptors (Lipinski definition) is 4. The van der Waals surface area contributed by atoms with Gasteiger partial charge in [0.15, 0.2) is 0 Å². The summed E-state index contributed by atoms with van der Waals surface area (Å²) in [4.78, 5) is 15.1. The quantitative estimate of drug-likeness (QED) is 0.718. The van der Waals surface area contributed by atoms with E-state index in [4.69, 9.17) is 4.74 Å². The zero-order valence-corrected chi connectivity index (χ0v) is 15.9. The Balaban J connectivity index is 1.99. The van der Waals surface area contributed by atoms with Crippen molar-refractivity contribution >= 4 is 5.97 Å². The summed E-state index contributed by atoms with van der Waals surface area (Å²) in [6, 6.07) is 0. The molecule has 0 amide bonds. The van der Waals surface area contributed by atoms with Gasteiger partial charge in [-0.1, -0.05) is 46.0 Å². The Labute approximate surface area is 147 Å². The van der Waals surface area contributed by atoms with Gasteiger partial charge in [-0.15, -0.1) is 0 Å². The molecule has 0 aromatic rings. The maximum atomic E-state index is 12.8. The zero-order valence-electron chi connectivity index (χ0n) is 15.9. The van der Waals surface area contributed by atoms with E-state index in [1.165, 1.54) is 19.3 Å². The Hall–Kier alpha value is -0.610. The van der Waals surface area contributed by atoms with Crippen molar-refractivity contribution < 1.29 is 14.6 Å². The van der Waals surface area contributed by atoms with E-state index in [2.05, 4.69) is 18.7 Å². The number of ether oxygens (including phenoxy) is 1. The van der Waals surface area contributed by atoms with Gasteiger partial charge in [0.05, 0.1) is 11.5 Å². The summed E-state index contributed by atoms with van der Waals surface area (Å²) in [5.74, 6) is -0.210. The van der Waals surface area contributed by atoms with Gasteiger partial charge >= 0.3 is 5.97 Å². The van der Waals surface area contributed by atoms with Crippen molar-refractivity contribution in [2.75, 3.05) is 19.6 Å². The van der Waals surface area contributed by atoms with E-state index in [0.717, 1.165) is 58.2 Å². The van der Waals surface area contributed by atoms with Gasteiger partial charge in [0.1, 0.15) is 6.10 Å². The molecule has 3 atom stereocenters. The highest BCUT2D eigenvalue weighted by molar-refractivity contribution is 5.74. The van der Waals surface area contributed by atoms with E-state index < -0.39 is 5.60 Å². The molecule has 0 aliphatic heterocycles. The molecule has 0 bridgehead atoms. The molecule has 0 spiro atoms. The number of nitrogens with zero attached hydrogens (tertiary/aromatic N) is 1. The van der Waals surface area contributed by atoms with Crippen LogP contribution < -0.4 is 0 Å². The van der Waals surface area contributed by atoms with Crippen LogP contribution in [0, 0.1) is 11.8 Å². The van der Waals surface area contributed by atoms with Gasteiger partial charge in [-0.05, 0) is 51.6 Å². The lowest BCUT2D eigenvalue weighted by Crippen LogP contribution is -2.52. The monoisotopic (exact) mass is 339 g/mol. The first-order valence-electron chi connectivity index (χ1n) is 10.2. The highest BCUT2D eigenvalue weighted by Gasteiger charge is 2.49. The summed E-state index contributed by atoms with van der Waals surface area (Å²) in [6.45, 7) is 8.93. The fourth-order valence-electron chi connectivity index (χ4n) is 4.76. The van der Waals surface area contributed by atoms with Crippen LogP contribution in [0.5, 0.6) is 0 Å². The third-order valence-electron chi connectivity index (χ3n) is 6.25. The van der Waals surface area contributed by atoms with E-state index in [9.17, 15) is 9.90 Å². The second kappa shape index (κ2) is 9.19. The average molecular weight is 340 g/mol. The smallest absolute Gasteiger partial charge is 0.312 e. The number of rotatable bonds is 7. The Morgan fingerprint density at radius 2 is 1.75 bits per heavy atom. The Kier molecular flexibility index (Phi) is 7.55. The van der Waals surface area contributed by atoms with E-state index in [1.54, 1.807) is 0 Å². The second-order valence-electron chi connectivity index (χ2n) is 7.86. The summed E-state index contributed by atoms with van der Waals surface area (Å²) < 4.78 is 5.77. The third kappa shape index (κ3) is 4.72. The molecule has 140 valence electrons. The molecule has 4 heteroatoms. The fourth-order valence-corrected chi connectivity index (χ4v) is 4.76. The topological polar surface area (TPSA) is 49.8 Å². The normalized spacial score (nSPS) is 30.3. The predicted octanol–water partition coefficient (Wildman–Crippen LogP) is 3.76. The number of aliphatic hydroxyl groups is 1. The third-order valence-corrected chi connectivity index (χ3v) is 6.25. The van der Waals surface area contributed by atoms with E-state index in [0.29, 0.717) is 0 Å². The molecule has 0 heterocycles. The minimum Gasteiger partial charge on any atom is -0.461 e. The highest BCUT2D eigenvalue weighted by Crippen LogP contribution is 2.45. The standard InChI is InChI=1S/C20H37NO3/c1-4-21(5-2)15-16(3)24-19(22)18-13-9-10-14-20(18,23)17-11-7-6-8-12-17/h16-18,23H,4-15H2,1-3H3/t16-,18-,20+/m0/s1. The van der Waals surface area contributed by atoms with E-state index in [-0.39, 0.29) is 23.9 Å². The van der Waals surface area contributed by atoms with Crippen LogP contribution in [0.4, 0.5) is 0 Å². The molecule has 1 N–H and O–H groups in total. The van der Waals surface area contributed by atoms with Gasteiger partial charge in [0, 0.05) is 6.54 Å². The number of hydrogen-bond donors (Lipinski definition) is 1. The van der Waals surface area contributed by atoms with Crippen molar-refractivity contribution in [1.82, 2.24) is 4.90 Å². The van der Waals surface area contributed by atoms with Gasteiger partial charge in [-0.3, -0.25) is 4.79 Å². The van der Waals surface area contributed by atoms with Crippen molar-refractivity contribution in [3.05, 3.63) is 0 Å². The molecule has 24 heavy (non-hydrogen) atoms. The van der Waals surface area contributed by atoms with Crippen LogP contribution >= 0.6 is 0 Å². The van der Waals surface area contributed by atoms with Crippen molar-refractivity contribution in [1.29, 1.82) is 0 Å². The molecule has 2 aliphatic carbocycles. The second-order valence-corrected chi connectivity index (χ2v) is 7.86. The van der Waals surface area contributed by atoms with Gasteiger partial charge < -0.3 is 14.7 Å². The van der Waals surface area contributed by atoms with Gasteiger partial charge in [-0.2, -0.15) is 0 Å². The maximum absolute atomic E-state index is 12.8. The van der Waals surface area contributed by atoms with Crippen LogP contribution in [0.1, 0.15) is 78.6 Å². The van der Waals surface area contributed by atoms with Crippen molar-refractivity contribution in [2.45, 2.75) is 90.3 Å². The molecular weight excluding hydrogens is 302 g/mol. The lowest BCUT2D eigenvalue weighted by atomic mass is 9.64. The van der Waals surface area contributed by atoms with Crippen LogP contribution in [0.25, 0.3) is 0 Å². The minimum atomic E-state index is -0.829. The van der Waals surface area contributed by atoms with Crippen LogP contribution in [0.2, 0.25) is 0 Å². The molecule has 0 unspecified atom stereocenters. The van der Waals surface area contributed by atoms with Crippen LogP contribution in [0.3, 0.4) is 0 Å². The highest BCUT2D eigenvalue weighted by atomic mass is 16.5. The van der Waals surface area contributed by atoms with E-state index >= 15 is 0 Å². The van der Waals surface area contributed by atoms with Gasteiger partial charge in [-0.25, -0.2) is 0 Å². The Morgan fingerprint density at radius 1 is 1.12 bits per heavy atom. The van der Waals surface area contributed by atoms with Crippen molar-refractivity contribution in [3.8, 4) is 0 Å². The number of carbonyl (C=O) groups excluding carboxylic acids is 1.